The molecule has 0 atom stereocenters. The van der Waals surface area contributed by atoms with Crippen LogP contribution < -0.4 is 15.3 Å². The molecule has 30 heavy (non-hydrogen) atoms. The topological polar surface area (TPSA) is 91.2 Å². The van der Waals surface area contributed by atoms with Crippen LogP contribution in [-0.2, 0) is 13.0 Å². The maximum Gasteiger partial charge on any atom is 0.196 e. The maximum absolute atomic E-state index is 6.12. The van der Waals surface area contributed by atoms with Gasteiger partial charge < -0.3 is 24.7 Å². The summed E-state index contributed by atoms with van der Waals surface area (Å²) < 4.78 is 19.3. The predicted octanol–water partition coefficient (Wildman–Crippen LogP) is 5.06. The van der Waals surface area contributed by atoms with Gasteiger partial charge >= 0.3 is 0 Å². The number of furan rings is 1. The first-order valence-electron chi connectivity index (χ1n) is 9.84. The Morgan fingerprint density at radius 2 is 2.23 bits per heavy atom. The zero-order chi connectivity index (χ0) is 20.7. The molecule has 0 spiro atoms. The van der Waals surface area contributed by atoms with Crippen LogP contribution in [0.5, 0.6) is 11.5 Å². The van der Waals surface area contributed by atoms with E-state index in [1.807, 2.05) is 18.2 Å². The Hall–Kier alpha value is -2.78. The lowest BCUT2D eigenvalue weighted by Gasteiger charge is -2.07. The summed E-state index contributed by atoms with van der Waals surface area (Å²) in [5.41, 5.74) is 2.30. The number of benzene rings is 1. The van der Waals surface area contributed by atoms with Gasteiger partial charge in [0.15, 0.2) is 10.5 Å². The minimum absolute atomic E-state index is 0.393. The van der Waals surface area contributed by atoms with E-state index in [4.69, 9.17) is 36.9 Å². The van der Waals surface area contributed by atoms with E-state index >= 15 is 0 Å². The second-order valence-corrected chi connectivity index (χ2v) is 8.86. The van der Waals surface area contributed by atoms with Crippen LogP contribution in [0.3, 0.4) is 0 Å². The number of aromatic amines is 1. The maximum atomic E-state index is 6.12. The lowest BCUT2D eigenvalue weighted by Crippen LogP contribution is -2.05. The highest BCUT2D eigenvalue weighted by Gasteiger charge is 2.21. The standard InChI is InChI=1S/C21H22N4O3S2/c1-26-14-6-17(27-10-13-11-30-20(23-13)5-4-12-2-3-12)15-8-19(28-18(15)7-14)16-9-25(22)21(29)24-16/h6-9,11-12H,2-5,10,22H2,1H3,(H,24,29). The summed E-state index contributed by atoms with van der Waals surface area (Å²) in [7, 11) is 1.62. The van der Waals surface area contributed by atoms with E-state index in [0.717, 1.165) is 23.4 Å². The summed E-state index contributed by atoms with van der Waals surface area (Å²) in [6.45, 7) is 0.393. The molecule has 3 N–H and O–H groups in total. The van der Waals surface area contributed by atoms with Crippen molar-refractivity contribution in [1.29, 1.82) is 0 Å². The van der Waals surface area contributed by atoms with Crippen LogP contribution in [0.2, 0.25) is 0 Å². The summed E-state index contributed by atoms with van der Waals surface area (Å²) in [6.07, 6.45) is 6.75. The third-order valence-electron chi connectivity index (χ3n) is 5.26. The van der Waals surface area contributed by atoms with Crippen molar-refractivity contribution in [3.8, 4) is 23.0 Å². The number of hydrogen-bond acceptors (Lipinski definition) is 7. The van der Waals surface area contributed by atoms with Gasteiger partial charge in [-0.05, 0) is 37.0 Å². The summed E-state index contributed by atoms with van der Waals surface area (Å²) in [5, 5.41) is 4.10. The SMILES string of the molecule is COc1cc(OCc2csc(CCC3CC3)n2)c2cc(-c3cn(N)c(=S)[nH]3)oc2c1. The van der Waals surface area contributed by atoms with Gasteiger partial charge in [-0.2, -0.15) is 0 Å². The molecule has 4 aromatic rings. The van der Waals surface area contributed by atoms with Gasteiger partial charge in [0.25, 0.3) is 0 Å². The number of ether oxygens (including phenoxy) is 2. The highest BCUT2D eigenvalue weighted by atomic mass is 32.1. The van der Waals surface area contributed by atoms with Crippen molar-refractivity contribution in [2.75, 3.05) is 13.0 Å². The van der Waals surface area contributed by atoms with E-state index in [0.29, 0.717) is 39.9 Å². The zero-order valence-electron chi connectivity index (χ0n) is 16.5. The predicted molar refractivity (Wildman–Crippen MR) is 119 cm³/mol. The van der Waals surface area contributed by atoms with Gasteiger partial charge in [-0.15, -0.1) is 11.3 Å². The average Bonchev–Trinajstić information content (AvgIpc) is 3.14. The molecule has 1 aliphatic carbocycles. The average molecular weight is 443 g/mol. The number of thiazole rings is 1. The molecule has 0 radical (unpaired) electrons. The molecule has 3 heterocycles. The van der Waals surface area contributed by atoms with Crippen molar-refractivity contribution in [2.45, 2.75) is 32.3 Å². The smallest absolute Gasteiger partial charge is 0.196 e. The highest BCUT2D eigenvalue weighted by Crippen LogP contribution is 2.37. The Morgan fingerprint density at radius 1 is 1.37 bits per heavy atom. The van der Waals surface area contributed by atoms with Gasteiger partial charge in [-0.25, -0.2) is 9.66 Å². The molecule has 0 bridgehead atoms. The number of aryl methyl sites for hydroxylation is 1. The number of nitrogens with one attached hydrogen (secondary N) is 1. The molecule has 1 aromatic carbocycles. The minimum atomic E-state index is 0.393. The van der Waals surface area contributed by atoms with Crippen molar-refractivity contribution < 1.29 is 13.9 Å². The lowest BCUT2D eigenvalue weighted by atomic mass is 10.2. The van der Waals surface area contributed by atoms with Gasteiger partial charge in [-0.1, -0.05) is 12.8 Å². The highest BCUT2D eigenvalue weighted by molar-refractivity contribution is 7.71. The molecular weight excluding hydrogens is 420 g/mol. The molecule has 9 heteroatoms. The fourth-order valence-electron chi connectivity index (χ4n) is 3.40. The molecule has 1 aliphatic rings. The van der Waals surface area contributed by atoms with Crippen LogP contribution in [0.4, 0.5) is 0 Å². The van der Waals surface area contributed by atoms with Gasteiger partial charge in [0, 0.05) is 17.5 Å². The molecule has 1 saturated carbocycles. The number of hydrogen-bond donors (Lipinski definition) is 2. The number of nitrogens with two attached hydrogens (primary N) is 1. The number of aromatic nitrogens is 3. The van der Waals surface area contributed by atoms with Crippen LogP contribution in [0.25, 0.3) is 22.4 Å². The summed E-state index contributed by atoms with van der Waals surface area (Å²) in [6, 6.07) is 5.60. The van der Waals surface area contributed by atoms with E-state index in [2.05, 4.69) is 10.4 Å². The molecular formula is C21H22N4O3S2. The Bertz CT molecular complexity index is 1250. The van der Waals surface area contributed by atoms with Crippen LogP contribution in [-0.4, -0.2) is 21.8 Å². The van der Waals surface area contributed by atoms with Crippen LogP contribution >= 0.6 is 23.6 Å². The van der Waals surface area contributed by atoms with Gasteiger partial charge in [0.2, 0.25) is 0 Å². The molecule has 0 unspecified atom stereocenters. The van der Waals surface area contributed by atoms with E-state index < -0.39 is 0 Å². The Kier molecular flexibility index (Phi) is 5.00. The number of nitrogen functional groups attached to an aromatic ring is 1. The number of nitrogens with zero attached hydrogens (tertiary/aromatic N) is 2. The molecule has 0 aliphatic heterocycles. The molecule has 5 rings (SSSR count). The number of methoxy groups -OCH3 is 1. The fourth-order valence-corrected chi connectivity index (χ4v) is 4.36. The summed E-state index contributed by atoms with van der Waals surface area (Å²) in [5.74, 6) is 8.66. The Morgan fingerprint density at radius 3 is 2.97 bits per heavy atom. The van der Waals surface area contributed by atoms with Crippen molar-refractivity contribution in [1.82, 2.24) is 14.6 Å². The van der Waals surface area contributed by atoms with E-state index in [1.54, 1.807) is 24.6 Å². The van der Waals surface area contributed by atoms with Crippen LogP contribution in [0.15, 0.2) is 34.2 Å². The van der Waals surface area contributed by atoms with E-state index in [-0.39, 0.29) is 0 Å². The monoisotopic (exact) mass is 442 g/mol. The van der Waals surface area contributed by atoms with Crippen LogP contribution in [0.1, 0.15) is 30.0 Å². The molecule has 7 nitrogen and oxygen atoms in total. The third kappa shape index (κ3) is 3.95. The van der Waals surface area contributed by atoms with E-state index in [9.17, 15) is 0 Å². The second kappa shape index (κ2) is 7.81. The number of rotatable bonds is 8. The van der Waals surface area contributed by atoms with Crippen molar-refractivity contribution >= 4 is 34.5 Å². The lowest BCUT2D eigenvalue weighted by molar-refractivity contribution is 0.303. The first kappa shape index (κ1) is 19.2. The normalized spacial score (nSPS) is 13.8. The first-order valence-corrected chi connectivity index (χ1v) is 11.1. The van der Waals surface area contributed by atoms with Crippen molar-refractivity contribution in [3.63, 3.8) is 0 Å². The summed E-state index contributed by atoms with van der Waals surface area (Å²) >= 11 is 6.85. The quantitative estimate of drug-likeness (QED) is 0.293. The van der Waals surface area contributed by atoms with Gasteiger partial charge in [0.1, 0.15) is 29.4 Å². The molecule has 0 amide bonds. The zero-order valence-corrected chi connectivity index (χ0v) is 18.1. The van der Waals surface area contributed by atoms with Crippen molar-refractivity contribution in [3.05, 3.63) is 45.2 Å². The number of imidazole rings is 1. The molecule has 3 aromatic heterocycles. The fraction of sp³-hybridized carbons (Fsp3) is 0.333. The van der Waals surface area contributed by atoms with Crippen molar-refractivity contribution in [2.24, 2.45) is 5.92 Å². The molecule has 1 fully saturated rings. The Balaban J connectivity index is 1.39. The van der Waals surface area contributed by atoms with Gasteiger partial charge in [0.05, 0.1) is 29.4 Å². The Labute approximate surface area is 182 Å². The number of H-pyrrole nitrogens is 1. The van der Waals surface area contributed by atoms with Crippen LogP contribution in [0, 0.1) is 10.7 Å². The molecule has 156 valence electrons. The summed E-state index contributed by atoms with van der Waals surface area (Å²) in [4.78, 5) is 7.75. The molecule has 0 saturated heterocycles. The number of fused-ring (bicyclic) bond motifs is 1. The third-order valence-corrected chi connectivity index (χ3v) is 6.53. The minimum Gasteiger partial charge on any atom is -0.496 e. The van der Waals surface area contributed by atoms with E-state index in [1.165, 1.54) is 28.9 Å². The first-order chi connectivity index (χ1) is 14.6. The second-order valence-electron chi connectivity index (χ2n) is 7.53. The largest absolute Gasteiger partial charge is 0.496 e. The van der Waals surface area contributed by atoms with Gasteiger partial charge in [-0.3, -0.25) is 0 Å².